The van der Waals surface area contributed by atoms with Gasteiger partial charge in [0, 0.05) is 65.1 Å². The molecule has 2 atom stereocenters. The maximum Gasteiger partial charge on any atom is 0.272 e. The molecule has 0 saturated carbocycles. The van der Waals surface area contributed by atoms with Crippen LogP contribution in [0.15, 0.2) is 83.7 Å². The number of benzene rings is 4. The molecule has 6 aromatic rings. The van der Waals surface area contributed by atoms with Gasteiger partial charge in [0.2, 0.25) is 0 Å². The normalized spacial score (nSPS) is 16.4. The lowest BCUT2D eigenvalue weighted by molar-refractivity contribution is 0.0642. The number of nitrogens with zero attached hydrogens (tertiary/aromatic N) is 2. The molecule has 2 N–H and O–H groups in total. The zero-order valence-electron chi connectivity index (χ0n) is 29.0. The van der Waals surface area contributed by atoms with Gasteiger partial charge in [-0.2, -0.15) is 5.10 Å². The molecule has 0 fully saturated rings. The quantitative estimate of drug-likeness (QED) is 0.0800. The van der Waals surface area contributed by atoms with E-state index in [9.17, 15) is 14.0 Å². The van der Waals surface area contributed by atoms with Crippen molar-refractivity contribution < 1.29 is 27.1 Å². The number of carbonyl (C=O) groups is 1. The van der Waals surface area contributed by atoms with Crippen LogP contribution in [-0.4, -0.2) is 50.7 Å². The largest absolute Gasteiger partial charge is 0.493 e. The van der Waals surface area contributed by atoms with Gasteiger partial charge in [0.05, 0.1) is 29.3 Å². The monoisotopic (exact) mass is 710 g/mol. The van der Waals surface area contributed by atoms with E-state index in [-0.39, 0.29) is 60.9 Å². The van der Waals surface area contributed by atoms with Crippen molar-refractivity contribution in [2.24, 2.45) is 0 Å². The summed E-state index contributed by atoms with van der Waals surface area (Å²) in [5.74, 6) is -2.85. The Morgan fingerprint density at radius 2 is 1.63 bits per heavy atom. The number of ether oxygens (including phenoxy) is 1. The van der Waals surface area contributed by atoms with Crippen LogP contribution in [0.25, 0.3) is 21.7 Å². The third kappa shape index (κ3) is 6.97. The van der Waals surface area contributed by atoms with Crippen molar-refractivity contribution in [2.75, 3.05) is 13.2 Å². The minimum absolute atomic E-state index is 0.0385. The molecular weight excluding hydrogens is 672 g/mol. The average Bonchev–Trinajstić information content (AvgIpc) is 3.47. The molecule has 0 bridgehead atoms. The van der Waals surface area contributed by atoms with Crippen LogP contribution in [0.3, 0.4) is 0 Å². The number of alkyl halides is 1. The lowest BCUT2D eigenvalue weighted by atomic mass is 9.87. The number of fused-ring (bicyclic) bond motifs is 4. The highest BCUT2D eigenvalue weighted by molar-refractivity contribution is 5.96. The number of carbonyl (C=O) groups excluding carboxylic acids is 1. The average molecular weight is 711 g/mol. The molecule has 0 aliphatic carbocycles. The smallest absolute Gasteiger partial charge is 0.272 e. The summed E-state index contributed by atoms with van der Waals surface area (Å²) in [4.78, 5) is 30.4. The first-order chi connectivity index (χ1) is 24.9. The minimum atomic E-state index is -1.62. The molecule has 3 heterocycles. The van der Waals surface area contributed by atoms with Crippen LogP contribution in [0.4, 0.5) is 17.6 Å². The minimum Gasteiger partial charge on any atom is -0.493 e. The summed E-state index contributed by atoms with van der Waals surface area (Å²) in [7, 11) is 0. The second-order valence-corrected chi connectivity index (χ2v) is 14.1. The van der Waals surface area contributed by atoms with E-state index in [1.54, 1.807) is 35.2 Å². The van der Waals surface area contributed by atoms with Crippen molar-refractivity contribution in [1.82, 2.24) is 20.1 Å². The van der Waals surface area contributed by atoms with Gasteiger partial charge in [-0.25, -0.2) is 22.7 Å². The van der Waals surface area contributed by atoms with Crippen molar-refractivity contribution in [3.8, 4) is 5.75 Å². The van der Waals surface area contributed by atoms with Crippen LogP contribution in [0, 0.1) is 17.5 Å². The van der Waals surface area contributed by atoms with Gasteiger partial charge < -0.3 is 9.72 Å². The molecule has 1 aliphatic rings. The number of aromatic amines is 2. The lowest BCUT2D eigenvalue weighted by Gasteiger charge is -2.43. The Bertz CT molecular complexity index is 2340. The number of H-pyrrole nitrogens is 2. The predicted octanol–water partition coefficient (Wildman–Crippen LogP) is 8.54. The van der Waals surface area contributed by atoms with Crippen LogP contribution < -0.4 is 10.3 Å². The molecule has 7 nitrogen and oxygen atoms in total. The van der Waals surface area contributed by atoms with Crippen LogP contribution in [0.2, 0.25) is 0 Å². The Morgan fingerprint density at radius 1 is 0.942 bits per heavy atom. The molecule has 4 aromatic carbocycles. The standard InChI is InChI=1S/C41H38F4N4O3/c1-23-17-29-27-10-6-7-12-34(27)46-38(29)39(49(23)22-41(2,3)45)37-32(43)20-25(21-33(37)44)52-16-8-13-36(50)30-18-24(14-15-31(30)42)19-35-26-9-4-5-11-28(26)40(51)48-47-35/h4-7,9-12,14-15,18,20-21,23,39,46H,8,13,16-17,19,22H2,1-3H3,(H,48,51)/t23-,39-/m1/s1. The SMILES string of the molecule is C[C@@H]1Cc2c([nH]c3ccccc23)[C@@H](c2c(F)cc(OCCCC(=O)c3cc(Cc4n[nH]c(=O)c5ccccc45)ccc3F)cc2F)N1CC(C)(C)F. The van der Waals surface area contributed by atoms with Gasteiger partial charge >= 0.3 is 0 Å². The highest BCUT2D eigenvalue weighted by Crippen LogP contribution is 2.43. The van der Waals surface area contributed by atoms with Crippen molar-refractivity contribution >= 4 is 27.5 Å². The van der Waals surface area contributed by atoms with E-state index in [2.05, 4.69) is 15.2 Å². The van der Waals surface area contributed by atoms with E-state index in [0.29, 0.717) is 34.1 Å². The molecular formula is C41H38F4N4O3. The Morgan fingerprint density at radius 3 is 2.37 bits per heavy atom. The van der Waals surface area contributed by atoms with E-state index in [1.165, 1.54) is 26.0 Å². The maximum absolute atomic E-state index is 16.0. The fourth-order valence-corrected chi connectivity index (χ4v) is 7.36. The summed E-state index contributed by atoms with van der Waals surface area (Å²) < 4.78 is 67.6. The molecule has 0 amide bonds. The molecule has 11 heteroatoms. The van der Waals surface area contributed by atoms with Crippen molar-refractivity contribution in [3.05, 3.63) is 140 Å². The molecule has 268 valence electrons. The van der Waals surface area contributed by atoms with E-state index in [1.807, 2.05) is 31.2 Å². The van der Waals surface area contributed by atoms with E-state index < -0.39 is 34.9 Å². The van der Waals surface area contributed by atoms with Crippen LogP contribution in [0.1, 0.15) is 78.1 Å². The first-order valence-corrected chi connectivity index (χ1v) is 17.3. The second kappa shape index (κ2) is 14.0. The van der Waals surface area contributed by atoms with Gasteiger partial charge in [-0.3, -0.25) is 14.5 Å². The van der Waals surface area contributed by atoms with Gasteiger partial charge in [-0.05, 0) is 69.0 Å². The number of nitrogens with one attached hydrogen (secondary N) is 2. The third-order valence-corrected chi connectivity index (χ3v) is 9.70. The summed E-state index contributed by atoms with van der Waals surface area (Å²) in [5, 5.41) is 8.76. The Kier molecular flexibility index (Phi) is 9.48. The first kappa shape index (κ1) is 35.1. The Labute approximate surface area is 297 Å². The van der Waals surface area contributed by atoms with E-state index in [4.69, 9.17) is 4.74 Å². The summed E-state index contributed by atoms with van der Waals surface area (Å²) in [6.45, 7) is 4.75. The fourth-order valence-electron chi connectivity index (χ4n) is 7.36. The zero-order chi connectivity index (χ0) is 36.7. The van der Waals surface area contributed by atoms with Crippen LogP contribution in [0.5, 0.6) is 5.75 Å². The Balaban J connectivity index is 1.05. The molecule has 1 aliphatic heterocycles. The number of Topliss-reactive ketones (excluding diaryl/α,β-unsaturated/α-hetero) is 1. The van der Waals surface area contributed by atoms with Crippen LogP contribution in [-0.2, 0) is 12.8 Å². The molecule has 0 radical (unpaired) electrons. The van der Waals surface area contributed by atoms with Crippen LogP contribution >= 0.6 is 0 Å². The molecule has 52 heavy (non-hydrogen) atoms. The maximum atomic E-state index is 16.0. The molecule has 0 spiro atoms. The number of para-hydroxylation sites is 1. The lowest BCUT2D eigenvalue weighted by Crippen LogP contribution is -2.48. The van der Waals surface area contributed by atoms with Gasteiger partial charge in [0.1, 0.15) is 28.9 Å². The van der Waals surface area contributed by atoms with Gasteiger partial charge in [-0.15, -0.1) is 0 Å². The summed E-state index contributed by atoms with van der Waals surface area (Å²) in [6.07, 6.45) is 0.948. The van der Waals surface area contributed by atoms with E-state index >= 15 is 13.2 Å². The topological polar surface area (TPSA) is 91.1 Å². The third-order valence-electron chi connectivity index (χ3n) is 9.70. The number of aromatic nitrogens is 3. The fraction of sp³-hybridized carbons (Fsp3) is 0.293. The van der Waals surface area contributed by atoms with E-state index in [0.717, 1.165) is 28.6 Å². The van der Waals surface area contributed by atoms with Crippen molar-refractivity contribution in [3.63, 3.8) is 0 Å². The summed E-state index contributed by atoms with van der Waals surface area (Å²) in [6, 6.07) is 20.1. The molecule has 2 aromatic heterocycles. The van der Waals surface area contributed by atoms with Gasteiger partial charge in [-0.1, -0.05) is 42.5 Å². The molecule has 0 saturated heterocycles. The first-order valence-electron chi connectivity index (χ1n) is 17.3. The highest BCUT2D eigenvalue weighted by Gasteiger charge is 2.41. The van der Waals surface area contributed by atoms with Gasteiger partial charge in [0.15, 0.2) is 5.78 Å². The Hall–Kier alpha value is -5.29. The summed E-state index contributed by atoms with van der Waals surface area (Å²) >= 11 is 0. The molecule has 7 rings (SSSR count). The second-order valence-electron chi connectivity index (χ2n) is 14.1. The van der Waals surface area contributed by atoms with Crippen molar-refractivity contribution in [1.29, 1.82) is 0 Å². The number of hydrogen-bond donors (Lipinski definition) is 2. The molecule has 0 unspecified atom stereocenters. The number of ketones is 1. The highest BCUT2D eigenvalue weighted by atomic mass is 19.1. The zero-order valence-corrected chi connectivity index (χ0v) is 29.0. The van der Waals surface area contributed by atoms with Gasteiger partial charge in [0.25, 0.3) is 5.56 Å². The summed E-state index contributed by atoms with van der Waals surface area (Å²) in [5.41, 5.74) is 1.41. The van der Waals surface area contributed by atoms with Crippen molar-refractivity contribution in [2.45, 2.75) is 64.2 Å². The number of rotatable bonds is 11. The number of halogens is 4. The number of hydrogen-bond acceptors (Lipinski definition) is 5. The predicted molar refractivity (Wildman–Crippen MR) is 192 cm³/mol.